The fraction of sp³-hybridized carbons (Fsp3) is 0.649. The van der Waals surface area contributed by atoms with Crippen LogP contribution in [0.15, 0.2) is 29.8 Å². The van der Waals surface area contributed by atoms with Crippen molar-refractivity contribution < 1.29 is 29.0 Å². The van der Waals surface area contributed by atoms with E-state index >= 15 is 0 Å². The third-order valence-electron chi connectivity index (χ3n) is 10.1. The fourth-order valence-corrected chi connectivity index (χ4v) is 8.28. The summed E-state index contributed by atoms with van der Waals surface area (Å²) in [4.78, 5) is 61.8. The zero-order valence-corrected chi connectivity index (χ0v) is 30.8. The standard InChI is InChI=1S/C37H53N5O6S/c1-23-30(49-22-39-23)26-10-8-24(9-11-26)20-38-32(45)28-17-27(43)21-42(28)33(46)31(35(2,3)4)40-29(44)16-25-18-37(19-25)12-14-41(15-13-37)34(47)48-36(5,6)7/h8-11,22,25,27-28,31,43H,12-21H2,1-7H3,(H,38,45)(H,40,44)/t27-,28+,31-/m1/s1. The molecule has 1 aromatic carbocycles. The predicted octanol–water partition coefficient (Wildman–Crippen LogP) is 5.04. The van der Waals surface area contributed by atoms with E-state index in [0.29, 0.717) is 19.5 Å². The molecule has 0 radical (unpaired) electrons. The molecule has 1 saturated carbocycles. The second kappa shape index (κ2) is 14.4. The van der Waals surface area contributed by atoms with Gasteiger partial charge < -0.3 is 30.3 Å². The summed E-state index contributed by atoms with van der Waals surface area (Å²) < 4.78 is 5.53. The minimum atomic E-state index is -0.852. The Hall–Kier alpha value is -3.51. The van der Waals surface area contributed by atoms with Gasteiger partial charge in [-0.1, -0.05) is 45.0 Å². The average molecular weight is 696 g/mol. The van der Waals surface area contributed by atoms with E-state index in [4.69, 9.17) is 4.74 Å². The Morgan fingerprint density at radius 2 is 1.71 bits per heavy atom. The second-order valence-corrected chi connectivity index (χ2v) is 17.2. The monoisotopic (exact) mass is 695 g/mol. The molecule has 1 spiro atoms. The second-order valence-electron chi connectivity index (χ2n) is 16.4. The number of carbonyl (C=O) groups is 4. The van der Waals surface area contributed by atoms with E-state index in [0.717, 1.165) is 47.4 Å². The van der Waals surface area contributed by atoms with Crippen LogP contribution in [-0.4, -0.2) is 87.1 Å². The van der Waals surface area contributed by atoms with Gasteiger partial charge in [0.25, 0.3) is 0 Å². The Kier molecular flexibility index (Phi) is 10.8. The maximum Gasteiger partial charge on any atom is 0.410 e. The maximum absolute atomic E-state index is 14.0. The van der Waals surface area contributed by atoms with Crippen molar-refractivity contribution in [2.45, 2.75) is 117 Å². The number of ether oxygens (including phenoxy) is 1. The van der Waals surface area contributed by atoms with Crippen LogP contribution in [0, 0.1) is 23.7 Å². The molecule has 2 aromatic rings. The van der Waals surface area contributed by atoms with Crippen LogP contribution in [-0.2, 0) is 25.7 Å². The number of aryl methyl sites for hydroxylation is 1. The lowest BCUT2D eigenvalue weighted by Gasteiger charge is -2.52. The number of rotatable bonds is 8. The van der Waals surface area contributed by atoms with E-state index in [2.05, 4.69) is 15.6 Å². The lowest BCUT2D eigenvalue weighted by Crippen LogP contribution is -2.58. The van der Waals surface area contributed by atoms with Gasteiger partial charge in [0.15, 0.2) is 0 Å². The van der Waals surface area contributed by atoms with Gasteiger partial charge in [-0.05, 0) is 81.3 Å². The summed E-state index contributed by atoms with van der Waals surface area (Å²) in [5.41, 5.74) is 3.80. The van der Waals surface area contributed by atoms with Crippen molar-refractivity contribution in [3.05, 3.63) is 41.0 Å². The summed E-state index contributed by atoms with van der Waals surface area (Å²) in [6, 6.07) is 6.25. The van der Waals surface area contributed by atoms with Crippen LogP contribution in [0.4, 0.5) is 4.79 Å². The molecule has 5 rings (SSSR count). The molecule has 3 atom stereocenters. The first-order valence-electron chi connectivity index (χ1n) is 17.5. The highest BCUT2D eigenvalue weighted by Crippen LogP contribution is 2.53. The zero-order valence-electron chi connectivity index (χ0n) is 30.0. The minimum Gasteiger partial charge on any atom is -0.444 e. The summed E-state index contributed by atoms with van der Waals surface area (Å²) in [5, 5.41) is 16.5. The molecular formula is C37H53N5O6S. The summed E-state index contributed by atoms with van der Waals surface area (Å²) in [7, 11) is 0. The Morgan fingerprint density at radius 1 is 1.06 bits per heavy atom. The third kappa shape index (κ3) is 9.00. The number of piperidine rings is 1. The van der Waals surface area contributed by atoms with Crippen LogP contribution in [0.25, 0.3) is 10.4 Å². The summed E-state index contributed by atoms with van der Waals surface area (Å²) >= 11 is 1.58. The van der Waals surface area contributed by atoms with E-state index in [1.165, 1.54) is 4.90 Å². The van der Waals surface area contributed by atoms with Crippen molar-refractivity contribution in [3.63, 3.8) is 0 Å². The van der Waals surface area contributed by atoms with Gasteiger partial charge in [-0.25, -0.2) is 9.78 Å². The molecule has 4 amide bonds. The van der Waals surface area contributed by atoms with Gasteiger partial charge in [-0.2, -0.15) is 0 Å². The SMILES string of the molecule is Cc1ncsc1-c1ccc(CNC(=O)[C@@H]2C[C@@H](O)CN2C(=O)[C@@H](NC(=O)CC2CC3(CCN(C(=O)OC(C)(C)C)CC3)C2)C(C)(C)C)cc1. The van der Waals surface area contributed by atoms with Crippen molar-refractivity contribution >= 4 is 35.2 Å². The van der Waals surface area contributed by atoms with Crippen molar-refractivity contribution in [3.8, 4) is 10.4 Å². The molecule has 2 saturated heterocycles. The van der Waals surface area contributed by atoms with Crippen LogP contribution in [0.3, 0.4) is 0 Å². The topological polar surface area (TPSA) is 141 Å². The summed E-state index contributed by atoms with van der Waals surface area (Å²) in [6.07, 6.45) is 3.00. The molecule has 12 heteroatoms. The van der Waals surface area contributed by atoms with E-state index in [-0.39, 0.29) is 54.7 Å². The first-order valence-corrected chi connectivity index (χ1v) is 18.3. The molecule has 0 bridgehead atoms. The van der Waals surface area contributed by atoms with Gasteiger partial charge in [0.1, 0.15) is 17.7 Å². The van der Waals surface area contributed by atoms with E-state index in [1.807, 2.05) is 78.2 Å². The number of thiazole rings is 1. The van der Waals surface area contributed by atoms with Gasteiger partial charge in [-0.3, -0.25) is 14.4 Å². The Bertz CT molecular complexity index is 1510. The minimum absolute atomic E-state index is 0.0354. The van der Waals surface area contributed by atoms with Gasteiger partial charge in [-0.15, -0.1) is 11.3 Å². The van der Waals surface area contributed by atoms with Crippen molar-refractivity contribution in [2.75, 3.05) is 19.6 Å². The van der Waals surface area contributed by atoms with Crippen LogP contribution in [0.2, 0.25) is 0 Å². The number of nitrogens with zero attached hydrogens (tertiary/aromatic N) is 3. The normalized spacial score (nSPS) is 21.6. The molecule has 3 aliphatic rings. The lowest BCUT2D eigenvalue weighted by molar-refractivity contribution is -0.144. The molecule has 11 nitrogen and oxygen atoms in total. The molecule has 2 aliphatic heterocycles. The number of aliphatic hydroxyl groups excluding tert-OH is 1. The number of aliphatic hydroxyl groups is 1. The fourth-order valence-electron chi connectivity index (χ4n) is 7.47. The Labute approximate surface area is 294 Å². The maximum atomic E-state index is 14.0. The first-order chi connectivity index (χ1) is 22.9. The number of amides is 4. The molecule has 1 aliphatic carbocycles. The predicted molar refractivity (Wildman–Crippen MR) is 188 cm³/mol. The number of benzene rings is 1. The largest absolute Gasteiger partial charge is 0.444 e. The highest BCUT2D eigenvalue weighted by atomic mass is 32.1. The molecular weight excluding hydrogens is 643 g/mol. The molecule has 3 heterocycles. The van der Waals surface area contributed by atoms with Gasteiger partial charge in [0.05, 0.1) is 22.2 Å². The first kappa shape index (κ1) is 36.8. The van der Waals surface area contributed by atoms with Crippen LogP contribution in [0.5, 0.6) is 0 Å². The zero-order chi connectivity index (χ0) is 35.7. The van der Waals surface area contributed by atoms with Gasteiger partial charge in [0.2, 0.25) is 17.7 Å². The number of β-amino-alcohol motifs (C(OH)–C–C–N with tert-alkyl or cyclic N) is 1. The van der Waals surface area contributed by atoms with Crippen molar-refractivity contribution in [1.29, 1.82) is 0 Å². The Morgan fingerprint density at radius 3 is 2.29 bits per heavy atom. The molecule has 268 valence electrons. The van der Waals surface area contributed by atoms with E-state index in [9.17, 15) is 24.3 Å². The number of hydrogen-bond acceptors (Lipinski definition) is 8. The van der Waals surface area contributed by atoms with Crippen LogP contribution in [0.1, 0.15) is 91.3 Å². The molecule has 1 aromatic heterocycles. The smallest absolute Gasteiger partial charge is 0.410 e. The quantitative estimate of drug-likeness (QED) is 0.351. The number of likely N-dealkylation sites (tertiary alicyclic amines) is 2. The lowest BCUT2D eigenvalue weighted by atomic mass is 9.57. The van der Waals surface area contributed by atoms with Gasteiger partial charge in [0, 0.05) is 39.0 Å². The number of hydrogen-bond donors (Lipinski definition) is 3. The summed E-state index contributed by atoms with van der Waals surface area (Å²) in [6.45, 7) is 14.9. The highest BCUT2D eigenvalue weighted by molar-refractivity contribution is 7.13. The van der Waals surface area contributed by atoms with Crippen LogP contribution < -0.4 is 10.6 Å². The van der Waals surface area contributed by atoms with Crippen molar-refractivity contribution in [1.82, 2.24) is 25.4 Å². The van der Waals surface area contributed by atoms with E-state index < -0.39 is 29.2 Å². The number of carbonyl (C=O) groups excluding carboxylic acids is 4. The number of nitrogens with one attached hydrogen (secondary N) is 2. The summed E-state index contributed by atoms with van der Waals surface area (Å²) in [5.74, 6) is -0.654. The molecule has 49 heavy (non-hydrogen) atoms. The average Bonchev–Trinajstić information content (AvgIpc) is 3.62. The molecule has 0 unspecified atom stereocenters. The van der Waals surface area contributed by atoms with Crippen LogP contribution >= 0.6 is 11.3 Å². The van der Waals surface area contributed by atoms with Crippen molar-refractivity contribution in [2.24, 2.45) is 16.7 Å². The highest BCUT2D eigenvalue weighted by Gasteiger charge is 2.48. The number of aromatic nitrogens is 1. The molecule has 3 N–H and O–H groups in total. The van der Waals surface area contributed by atoms with E-state index in [1.54, 1.807) is 16.2 Å². The third-order valence-corrected chi connectivity index (χ3v) is 11.1. The Balaban J connectivity index is 1.13. The van der Waals surface area contributed by atoms with Gasteiger partial charge >= 0.3 is 6.09 Å². The molecule has 3 fully saturated rings.